The zero-order valence-corrected chi connectivity index (χ0v) is 38.7. The Morgan fingerprint density at radius 2 is 1.70 bits per heavy atom. The van der Waals surface area contributed by atoms with Gasteiger partial charge in [-0.3, -0.25) is 19.8 Å². The van der Waals surface area contributed by atoms with E-state index in [0.29, 0.717) is 64.8 Å². The number of nitrogens with one attached hydrogen (secondary N) is 3. The first kappa shape index (κ1) is 45.8. The van der Waals surface area contributed by atoms with Crippen LogP contribution in [0, 0.1) is 30.0 Å². The van der Waals surface area contributed by atoms with E-state index in [2.05, 4.69) is 68.6 Å². The standard InChI is InChI=1S/C51H60FN9O6/c1-5-31(2)39-28-60(29-43(39)62)49(65)56-40-26-36(52)25-37(32(40)3)46-38-27-41(55-47(38)54-30-53-46)34-8-6-33(7-9-34)12-18-58-20-14-51(15-21-58)16-22-59(23-17-51)48(64)35-10-11-44(67-4)42(24-35)61-19-13-45(63)57-50(61)66/h6-11,24-27,30-31,39,43,62H,5,12-23,28-29H2,1-4H3,(H,56,65)(H,53,54,55)(H,57,63,66). The lowest BCUT2D eigenvalue weighted by Gasteiger charge is -2.47. The van der Waals surface area contributed by atoms with E-state index in [-0.39, 0.29) is 54.6 Å². The minimum atomic E-state index is -0.592. The van der Waals surface area contributed by atoms with E-state index < -0.39 is 18.0 Å². The summed E-state index contributed by atoms with van der Waals surface area (Å²) in [6.07, 6.45) is 7.00. The van der Waals surface area contributed by atoms with E-state index in [9.17, 15) is 24.3 Å². The summed E-state index contributed by atoms with van der Waals surface area (Å²) in [6.45, 7) is 11.3. The van der Waals surface area contributed by atoms with Crippen LogP contribution in [0.1, 0.15) is 73.9 Å². The molecule has 67 heavy (non-hydrogen) atoms. The van der Waals surface area contributed by atoms with E-state index in [4.69, 9.17) is 4.74 Å². The van der Waals surface area contributed by atoms with Crippen molar-refractivity contribution in [2.75, 3.05) is 69.7 Å². The average Bonchev–Trinajstić information content (AvgIpc) is 3.96. The van der Waals surface area contributed by atoms with Crippen molar-refractivity contribution >= 4 is 46.3 Å². The summed E-state index contributed by atoms with van der Waals surface area (Å²) in [4.78, 5) is 71.4. The van der Waals surface area contributed by atoms with Gasteiger partial charge in [0.1, 0.15) is 23.5 Å². The van der Waals surface area contributed by atoms with Gasteiger partial charge in [-0.05, 0) is 117 Å². The Morgan fingerprint density at radius 3 is 2.42 bits per heavy atom. The number of ether oxygens (including phenoxy) is 1. The number of aliphatic hydroxyl groups is 1. The zero-order chi connectivity index (χ0) is 47.0. The molecule has 16 heteroatoms. The van der Waals surface area contributed by atoms with Crippen LogP contribution < -0.4 is 20.3 Å². The van der Waals surface area contributed by atoms with E-state index >= 15 is 4.39 Å². The van der Waals surface area contributed by atoms with Crippen LogP contribution in [-0.2, 0) is 11.2 Å². The predicted octanol–water partition coefficient (Wildman–Crippen LogP) is 7.63. The number of H-pyrrole nitrogens is 1. The Labute approximate surface area is 390 Å². The Kier molecular flexibility index (Phi) is 13.0. The highest BCUT2D eigenvalue weighted by molar-refractivity contribution is 6.07. The van der Waals surface area contributed by atoms with Crippen LogP contribution in [0.5, 0.6) is 5.75 Å². The zero-order valence-electron chi connectivity index (χ0n) is 38.7. The number of urea groups is 2. The molecule has 6 amide bonds. The number of halogens is 1. The first-order chi connectivity index (χ1) is 32.3. The normalized spacial score (nSPS) is 20.4. The second kappa shape index (κ2) is 19.1. The highest BCUT2D eigenvalue weighted by Crippen LogP contribution is 2.42. The van der Waals surface area contributed by atoms with Crippen molar-refractivity contribution in [2.45, 2.75) is 71.8 Å². The van der Waals surface area contributed by atoms with Crippen molar-refractivity contribution in [1.29, 1.82) is 0 Å². The van der Waals surface area contributed by atoms with Gasteiger partial charge in [0.15, 0.2) is 0 Å². The minimum absolute atomic E-state index is 0.000386. The fourth-order valence-corrected chi connectivity index (χ4v) is 10.5. The molecule has 4 fully saturated rings. The van der Waals surface area contributed by atoms with Gasteiger partial charge in [0.05, 0.1) is 24.6 Å². The maximum atomic E-state index is 15.3. The number of carbonyl (C=O) groups is 4. The van der Waals surface area contributed by atoms with Crippen LogP contribution >= 0.6 is 0 Å². The van der Waals surface area contributed by atoms with E-state index in [1.807, 2.05) is 17.9 Å². The van der Waals surface area contributed by atoms with Crippen LogP contribution in [0.3, 0.4) is 0 Å². The fraction of sp³-hybridized carbons (Fsp3) is 0.451. The monoisotopic (exact) mass is 913 g/mol. The first-order valence-corrected chi connectivity index (χ1v) is 23.6. The number of carbonyl (C=O) groups excluding carboxylic acids is 4. The minimum Gasteiger partial charge on any atom is -0.495 e. The maximum Gasteiger partial charge on any atom is 0.328 e. The van der Waals surface area contributed by atoms with Gasteiger partial charge < -0.3 is 34.8 Å². The van der Waals surface area contributed by atoms with Gasteiger partial charge in [0.2, 0.25) is 5.91 Å². The van der Waals surface area contributed by atoms with Crippen LogP contribution in [0.2, 0.25) is 0 Å². The van der Waals surface area contributed by atoms with Gasteiger partial charge in [0, 0.05) is 79.5 Å². The molecule has 5 aromatic rings. The fourth-order valence-electron chi connectivity index (χ4n) is 10.5. The molecule has 0 bridgehead atoms. The number of nitrogens with zero attached hydrogens (tertiary/aromatic N) is 6. The van der Waals surface area contributed by atoms with Gasteiger partial charge in [0.25, 0.3) is 5.91 Å². The Balaban J connectivity index is 0.783. The summed E-state index contributed by atoms with van der Waals surface area (Å²) < 4.78 is 20.8. The lowest BCUT2D eigenvalue weighted by molar-refractivity contribution is -0.120. The summed E-state index contributed by atoms with van der Waals surface area (Å²) in [5, 5.41) is 16.6. The number of hydrogen-bond acceptors (Lipinski definition) is 9. The number of aromatic nitrogens is 3. The second-order valence-corrected chi connectivity index (χ2v) is 19.0. The molecule has 2 aromatic heterocycles. The number of aliphatic hydroxyl groups excluding tert-OH is 1. The molecule has 0 radical (unpaired) electrons. The molecule has 3 aromatic carbocycles. The number of imide groups is 1. The van der Waals surface area contributed by atoms with E-state index in [1.165, 1.54) is 36.0 Å². The largest absolute Gasteiger partial charge is 0.495 e. The second-order valence-electron chi connectivity index (χ2n) is 19.0. The first-order valence-electron chi connectivity index (χ1n) is 23.6. The van der Waals surface area contributed by atoms with Crippen molar-refractivity contribution in [3.8, 4) is 28.3 Å². The van der Waals surface area contributed by atoms with Crippen molar-refractivity contribution in [1.82, 2.24) is 35.0 Å². The summed E-state index contributed by atoms with van der Waals surface area (Å²) in [6, 6.07) is 17.5. The SMILES string of the molecule is CCC(C)C1CN(C(=O)Nc2cc(F)cc(-c3ncnc4[nH]c(-c5ccc(CCN6CCC7(CC6)CCN(C(=O)c6ccc(OC)c(N8CCC(=O)NC8=O)c6)CC7)cc5)cc34)c2C)CC1O. The Morgan fingerprint density at radius 1 is 0.955 bits per heavy atom. The van der Waals surface area contributed by atoms with Gasteiger partial charge in [-0.25, -0.2) is 23.9 Å². The molecule has 15 nitrogen and oxygen atoms in total. The quantitative estimate of drug-likeness (QED) is 0.104. The smallest absolute Gasteiger partial charge is 0.328 e. The van der Waals surface area contributed by atoms with Gasteiger partial charge >= 0.3 is 12.1 Å². The number of β-amino-alcohol motifs (C(OH)–C–C–N with tert-alkyl or cyclic N) is 1. The number of amides is 6. The number of rotatable bonds is 11. The van der Waals surface area contributed by atoms with Crippen LogP contribution in [0.15, 0.2) is 67.0 Å². The molecule has 4 aliphatic heterocycles. The van der Waals surface area contributed by atoms with Gasteiger partial charge in [-0.2, -0.15) is 0 Å². The molecule has 1 spiro atoms. The number of benzene rings is 3. The third-order valence-electron chi connectivity index (χ3n) is 15.1. The molecule has 4 aliphatic rings. The molecular weight excluding hydrogens is 854 g/mol. The van der Waals surface area contributed by atoms with E-state index in [1.54, 1.807) is 23.1 Å². The van der Waals surface area contributed by atoms with Crippen LogP contribution in [0.25, 0.3) is 33.5 Å². The molecule has 9 rings (SSSR count). The Bertz CT molecular complexity index is 2670. The van der Waals surface area contributed by atoms with Crippen molar-refractivity contribution < 1.29 is 33.4 Å². The lowest BCUT2D eigenvalue weighted by atomic mass is 9.71. The summed E-state index contributed by atoms with van der Waals surface area (Å²) in [5.74, 6) is -0.138. The van der Waals surface area contributed by atoms with E-state index in [0.717, 1.165) is 74.8 Å². The lowest BCUT2D eigenvalue weighted by Crippen LogP contribution is -2.50. The Hall–Kier alpha value is -6.39. The van der Waals surface area contributed by atoms with Crippen LogP contribution in [0.4, 0.5) is 25.4 Å². The number of piperidine rings is 2. The highest BCUT2D eigenvalue weighted by Gasteiger charge is 2.40. The molecule has 0 aliphatic carbocycles. The number of fused-ring (bicyclic) bond motifs is 1. The van der Waals surface area contributed by atoms with Gasteiger partial charge in [-0.1, -0.05) is 44.5 Å². The molecule has 3 unspecified atom stereocenters. The van der Waals surface area contributed by atoms with Crippen molar-refractivity contribution in [3.63, 3.8) is 0 Å². The molecule has 0 saturated carbocycles. The number of likely N-dealkylation sites (tertiary alicyclic amines) is 3. The molecule has 352 valence electrons. The number of anilines is 2. The predicted molar refractivity (Wildman–Crippen MR) is 254 cm³/mol. The third kappa shape index (κ3) is 9.46. The average molecular weight is 914 g/mol. The maximum absolute atomic E-state index is 15.3. The van der Waals surface area contributed by atoms with Crippen molar-refractivity contribution in [2.24, 2.45) is 17.3 Å². The van der Waals surface area contributed by atoms with Crippen LogP contribution in [-0.4, -0.2) is 124 Å². The third-order valence-corrected chi connectivity index (χ3v) is 15.1. The number of hydrogen-bond donors (Lipinski definition) is 4. The molecule has 4 saturated heterocycles. The highest BCUT2D eigenvalue weighted by atomic mass is 19.1. The van der Waals surface area contributed by atoms with Gasteiger partial charge in [-0.15, -0.1) is 0 Å². The molecular formula is C51H60FN9O6. The number of methoxy groups -OCH3 is 1. The summed E-state index contributed by atoms with van der Waals surface area (Å²) in [5.41, 5.74) is 7.06. The number of aromatic amines is 1. The summed E-state index contributed by atoms with van der Waals surface area (Å²) >= 11 is 0. The molecule has 3 atom stereocenters. The topological polar surface area (TPSA) is 176 Å². The van der Waals surface area contributed by atoms with Crippen molar-refractivity contribution in [3.05, 3.63) is 89.5 Å². The summed E-state index contributed by atoms with van der Waals surface area (Å²) in [7, 11) is 1.52. The molecule has 6 heterocycles. The molecule has 4 N–H and O–H groups in total.